The average molecular weight is 327 g/mol. The van der Waals surface area contributed by atoms with Crippen molar-refractivity contribution in [1.29, 1.82) is 0 Å². The minimum Gasteiger partial charge on any atom is -0.383 e. The number of pyridine rings is 1. The molecular formula is C13H19BrN4O. The molecule has 2 unspecified atom stereocenters. The highest BCUT2D eigenvalue weighted by molar-refractivity contribution is 9.10. The maximum absolute atomic E-state index is 12.5. The van der Waals surface area contributed by atoms with Crippen LogP contribution in [0.15, 0.2) is 16.7 Å². The maximum atomic E-state index is 12.5. The van der Waals surface area contributed by atoms with Crippen LogP contribution in [0.1, 0.15) is 17.3 Å². The fourth-order valence-electron chi connectivity index (χ4n) is 2.58. The first-order valence-corrected chi connectivity index (χ1v) is 7.06. The van der Waals surface area contributed by atoms with E-state index >= 15 is 0 Å². The number of hydrogen-bond acceptors (Lipinski definition) is 4. The SMILES string of the molecule is CC1CN(C(=O)c2cc(Br)cnc2N)CC1N(C)C. The molecular weight excluding hydrogens is 308 g/mol. The summed E-state index contributed by atoms with van der Waals surface area (Å²) in [5, 5.41) is 0. The molecule has 2 rings (SSSR count). The Bertz CT molecular complexity index is 492. The smallest absolute Gasteiger partial charge is 0.257 e. The van der Waals surface area contributed by atoms with Crippen molar-refractivity contribution in [2.45, 2.75) is 13.0 Å². The number of anilines is 1. The molecule has 2 N–H and O–H groups in total. The molecule has 1 aromatic rings. The highest BCUT2D eigenvalue weighted by Gasteiger charge is 2.34. The van der Waals surface area contributed by atoms with Crippen LogP contribution in [0.2, 0.25) is 0 Å². The van der Waals surface area contributed by atoms with Crippen LogP contribution in [0.3, 0.4) is 0 Å². The number of aromatic nitrogens is 1. The number of nitrogens with two attached hydrogens (primary N) is 1. The van der Waals surface area contributed by atoms with E-state index in [0.717, 1.165) is 17.6 Å². The Hall–Kier alpha value is -1.14. The summed E-state index contributed by atoms with van der Waals surface area (Å²) in [6, 6.07) is 2.13. The van der Waals surface area contributed by atoms with Crippen molar-refractivity contribution in [2.75, 3.05) is 32.9 Å². The molecule has 1 aromatic heterocycles. The standard InChI is InChI=1S/C13H19BrN4O/c1-8-6-18(7-11(8)17(2)3)13(19)10-4-9(14)5-16-12(10)15/h4-5,8,11H,6-7H2,1-3H3,(H2,15,16). The minimum absolute atomic E-state index is 0.0394. The van der Waals surface area contributed by atoms with E-state index < -0.39 is 0 Å². The number of carbonyl (C=O) groups is 1. The van der Waals surface area contributed by atoms with Crippen LogP contribution >= 0.6 is 15.9 Å². The third-order valence-corrected chi connectivity index (χ3v) is 4.07. The highest BCUT2D eigenvalue weighted by atomic mass is 79.9. The molecule has 1 fully saturated rings. The van der Waals surface area contributed by atoms with Gasteiger partial charge in [-0.05, 0) is 42.0 Å². The van der Waals surface area contributed by atoms with Crippen molar-refractivity contribution in [2.24, 2.45) is 5.92 Å². The average Bonchev–Trinajstić information content (AvgIpc) is 2.74. The molecule has 0 spiro atoms. The van der Waals surface area contributed by atoms with Gasteiger partial charge in [0.25, 0.3) is 5.91 Å². The second-order valence-corrected chi connectivity index (χ2v) is 6.22. The summed E-state index contributed by atoms with van der Waals surface area (Å²) in [7, 11) is 4.09. The van der Waals surface area contributed by atoms with Crippen LogP contribution in [-0.2, 0) is 0 Å². The van der Waals surface area contributed by atoms with Crippen LogP contribution in [0.5, 0.6) is 0 Å². The lowest BCUT2D eigenvalue weighted by atomic mass is 10.1. The molecule has 104 valence electrons. The Morgan fingerprint density at radius 2 is 2.21 bits per heavy atom. The van der Waals surface area contributed by atoms with Gasteiger partial charge in [0.05, 0.1) is 5.56 Å². The lowest BCUT2D eigenvalue weighted by molar-refractivity contribution is 0.0782. The zero-order valence-electron chi connectivity index (χ0n) is 11.4. The van der Waals surface area contributed by atoms with Gasteiger partial charge in [-0.1, -0.05) is 6.92 Å². The van der Waals surface area contributed by atoms with E-state index in [1.54, 1.807) is 12.3 Å². The first-order chi connectivity index (χ1) is 8.90. The molecule has 0 radical (unpaired) electrons. The summed E-state index contributed by atoms with van der Waals surface area (Å²) in [4.78, 5) is 20.5. The molecule has 6 heteroatoms. The monoisotopic (exact) mass is 326 g/mol. The lowest BCUT2D eigenvalue weighted by Gasteiger charge is -2.22. The number of nitrogens with zero attached hydrogens (tertiary/aromatic N) is 3. The van der Waals surface area contributed by atoms with Crippen molar-refractivity contribution in [3.8, 4) is 0 Å². The molecule has 1 aliphatic rings. The largest absolute Gasteiger partial charge is 0.383 e. The summed E-state index contributed by atoms with van der Waals surface area (Å²) in [6.45, 7) is 3.66. The first kappa shape index (κ1) is 14.3. The van der Waals surface area contributed by atoms with Crippen molar-refractivity contribution >= 4 is 27.7 Å². The number of likely N-dealkylation sites (tertiary alicyclic amines) is 1. The number of likely N-dealkylation sites (N-methyl/N-ethyl adjacent to an activating group) is 1. The van der Waals surface area contributed by atoms with Gasteiger partial charge in [-0.2, -0.15) is 0 Å². The van der Waals surface area contributed by atoms with Gasteiger partial charge in [0.15, 0.2) is 0 Å². The van der Waals surface area contributed by atoms with Gasteiger partial charge < -0.3 is 15.5 Å². The molecule has 1 saturated heterocycles. The summed E-state index contributed by atoms with van der Waals surface area (Å²) < 4.78 is 0.765. The van der Waals surface area contributed by atoms with Crippen LogP contribution < -0.4 is 5.73 Å². The van der Waals surface area contributed by atoms with Crippen LogP contribution in [0, 0.1) is 5.92 Å². The number of amides is 1. The zero-order chi connectivity index (χ0) is 14.2. The normalized spacial score (nSPS) is 23.1. The third kappa shape index (κ3) is 2.90. The molecule has 1 aliphatic heterocycles. The Labute approximate surface area is 121 Å². The van der Waals surface area contributed by atoms with Crippen molar-refractivity contribution in [3.05, 3.63) is 22.3 Å². The van der Waals surface area contributed by atoms with E-state index in [-0.39, 0.29) is 11.7 Å². The Morgan fingerprint density at radius 1 is 1.53 bits per heavy atom. The fraction of sp³-hybridized carbons (Fsp3) is 0.538. The zero-order valence-corrected chi connectivity index (χ0v) is 13.0. The van der Waals surface area contributed by atoms with Crippen molar-refractivity contribution in [1.82, 2.24) is 14.8 Å². The molecule has 19 heavy (non-hydrogen) atoms. The number of halogens is 1. The van der Waals surface area contributed by atoms with E-state index in [4.69, 9.17) is 5.73 Å². The Morgan fingerprint density at radius 3 is 2.79 bits per heavy atom. The fourth-order valence-corrected chi connectivity index (χ4v) is 2.91. The molecule has 0 bridgehead atoms. The molecule has 2 atom stereocenters. The van der Waals surface area contributed by atoms with E-state index in [1.807, 2.05) is 19.0 Å². The van der Waals surface area contributed by atoms with Crippen molar-refractivity contribution < 1.29 is 4.79 Å². The van der Waals surface area contributed by atoms with Crippen LogP contribution in [-0.4, -0.2) is 53.9 Å². The highest BCUT2D eigenvalue weighted by Crippen LogP contribution is 2.24. The van der Waals surface area contributed by atoms with Gasteiger partial charge in [0, 0.05) is 29.8 Å². The first-order valence-electron chi connectivity index (χ1n) is 6.27. The summed E-state index contributed by atoms with van der Waals surface area (Å²) in [6.07, 6.45) is 1.60. The Kier molecular flexibility index (Phi) is 4.10. The van der Waals surface area contributed by atoms with Crippen LogP contribution in [0.25, 0.3) is 0 Å². The number of nitrogen functional groups attached to an aromatic ring is 1. The topological polar surface area (TPSA) is 62.5 Å². The van der Waals surface area contributed by atoms with Gasteiger partial charge >= 0.3 is 0 Å². The number of hydrogen-bond donors (Lipinski definition) is 1. The predicted octanol–water partition coefficient (Wildman–Crippen LogP) is 1.45. The van der Waals surface area contributed by atoms with Gasteiger partial charge in [-0.3, -0.25) is 4.79 Å². The molecule has 0 saturated carbocycles. The maximum Gasteiger partial charge on any atom is 0.257 e. The number of carbonyl (C=O) groups excluding carboxylic acids is 1. The molecule has 0 aliphatic carbocycles. The third-order valence-electron chi connectivity index (χ3n) is 3.64. The second kappa shape index (κ2) is 5.46. The molecule has 0 aromatic carbocycles. The molecule has 2 heterocycles. The van der Waals surface area contributed by atoms with E-state index in [1.165, 1.54) is 0 Å². The summed E-state index contributed by atoms with van der Waals surface area (Å²) in [5.41, 5.74) is 6.27. The van der Waals surface area contributed by atoms with Gasteiger partial charge in [0.2, 0.25) is 0 Å². The van der Waals surface area contributed by atoms with E-state index in [2.05, 4.69) is 32.7 Å². The van der Waals surface area contributed by atoms with Gasteiger partial charge in [0.1, 0.15) is 5.82 Å². The van der Waals surface area contributed by atoms with Crippen LogP contribution in [0.4, 0.5) is 5.82 Å². The second-order valence-electron chi connectivity index (χ2n) is 5.30. The van der Waals surface area contributed by atoms with Gasteiger partial charge in [-0.25, -0.2) is 4.98 Å². The molecule has 1 amide bonds. The predicted molar refractivity (Wildman–Crippen MR) is 78.9 cm³/mol. The minimum atomic E-state index is -0.0394. The van der Waals surface area contributed by atoms with E-state index in [0.29, 0.717) is 17.5 Å². The lowest BCUT2D eigenvalue weighted by Crippen LogP contribution is -2.36. The van der Waals surface area contributed by atoms with E-state index in [9.17, 15) is 4.79 Å². The quantitative estimate of drug-likeness (QED) is 0.893. The Balaban J connectivity index is 2.19. The molecule has 5 nitrogen and oxygen atoms in total. The van der Waals surface area contributed by atoms with Gasteiger partial charge in [-0.15, -0.1) is 0 Å². The summed E-state index contributed by atoms with van der Waals surface area (Å²) >= 11 is 3.32. The summed E-state index contributed by atoms with van der Waals surface area (Å²) in [5.74, 6) is 0.706. The van der Waals surface area contributed by atoms with Crippen molar-refractivity contribution in [3.63, 3.8) is 0 Å². The number of rotatable bonds is 2.